The largest absolute Gasteiger partial charge is 0.373 e. The second-order valence-electron chi connectivity index (χ2n) is 6.52. The molecule has 0 radical (unpaired) electrons. The van der Waals surface area contributed by atoms with Crippen LogP contribution < -0.4 is 0 Å². The molecule has 0 aliphatic carbocycles. The van der Waals surface area contributed by atoms with Crippen LogP contribution >= 0.6 is 0 Å². The average Bonchev–Trinajstić information content (AvgIpc) is 2.93. The van der Waals surface area contributed by atoms with Gasteiger partial charge in [-0.25, -0.2) is 0 Å². The number of fused-ring (bicyclic) bond motifs is 1. The summed E-state index contributed by atoms with van der Waals surface area (Å²) >= 11 is 0. The highest BCUT2D eigenvalue weighted by Crippen LogP contribution is 2.39. The van der Waals surface area contributed by atoms with E-state index in [1.54, 1.807) is 7.11 Å². The number of methoxy groups -OCH3 is 1. The molecule has 136 valence electrons. The summed E-state index contributed by atoms with van der Waals surface area (Å²) in [5.74, 6) is -0.765. The maximum Gasteiger partial charge on any atom is 0.187 e. The number of rotatable bonds is 6. The Morgan fingerprint density at radius 3 is 2.60 bits per heavy atom. The zero-order valence-corrected chi connectivity index (χ0v) is 14.6. The van der Waals surface area contributed by atoms with E-state index in [-0.39, 0.29) is 18.8 Å². The minimum atomic E-state index is -0.765. The van der Waals surface area contributed by atoms with Crippen LogP contribution in [0, 0.1) is 0 Å². The molecule has 8 heteroatoms. The van der Waals surface area contributed by atoms with Crippen molar-refractivity contribution in [1.82, 2.24) is 0 Å². The average molecular weight is 349 g/mol. The van der Waals surface area contributed by atoms with Crippen LogP contribution in [0.5, 0.6) is 0 Å². The summed E-state index contributed by atoms with van der Waals surface area (Å²) in [6, 6.07) is 9.80. The molecule has 0 amide bonds. The highest BCUT2D eigenvalue weighted by atomic mass is 16.8. The molecule has 2 heterocycles. The van der Waals surface area contributed by atoms with E-state index in [1.165, 1.54) is 0 Å². The van der Waals surface area contributed by atoms with Gasteiger partial charge < -0.3 is 23.7 Å². The van der Waals surface area contributed by atoms with Gasteiger partial charge >= 0.3 is 0 Å². The minimum absolute atomic E-state index is 0.138. The van der Waals surface area contributed by atoms with Gasteiger partial charge in [0.1, 0.15) is 18.3 Å². The Bertz CT molecular complexity index is 620. The van der Waals surface area contributed by atoms with Crippen molar-refractivity contribution in [2.24, 2.45) is 5.11 Å². The van der Waals surface area contributed by atoms with Gasteiger partial charge in [-0.3, -0.25) is 0 Å². The van der Waals surface area contributed by atoms with E-state index < -0.39 is 24.3 Å². The fourth-order valence-electron chi connectivity index (χ4n) is 3.24. The molecule has 25 heavy (non-hydrogen) atoms. The predicted molar refractivity (Wildman–Crippen MR) is 88.5 cm³/mol. The molecule has 0 saturated carbocycles. The molecule has 0 aromatic heterocycles. The van der Waals surface area contributed by atoms with E-state index in [9.17, 15) is 0 Å². The number of azide groups is 1. The lowest BCUT2D eigenvalue weighted by molar-refractivity contribution is -0.284. The molecule has 2 aliphatic rings. The molecule has 0 spiro atoms. The van der Waals surface area contributed by atoms with Crippen molar-refractivity contribution in [2.45, 2.75) is 56.9 Å². The van der Waals surface area contributed by atoms with Gasteiger partial charge in [-0.2, -0.15) is 0 Å². The maximum absolute atomic E-state index is 8.63. The third-order valence-electron chi connectivity index (χ3n) is 4.29. The smallest absolute Gasteiger partial charge is 0.187 e. The van der Waals surface area contributed by atoms with Crippen molar-refractivity contribution in [2.75, 3.05) is 13.7 Å². The Kier molecular flexibility index (Phi) is 5.58. The standard InChI is InChI=1S/C17H23N3O5/c1-17(2)24-13-12(9-19-20-18)23-16(15(21-3)14(13)25-17)22-10-11-7-5-4-6-8-11/h4-8,12-16H,9-10H2,1-3H3. The van der Waals surface area contributed by atoms with Gasteiger partial charge in [-0.1, -0.05) is 35.4 Å². The Labute approximate surface area is 146 Å². The van der Waals surface area contributed by atoms with E-state index in [2.05, 4.69) is 10.0 Å². The summed E-state index contributed by atoms with van der Waals surface area (Å²) in [7, 11) is 1.59. The van der Waals surface area contributed by atoms with Gasteiger partial charge in [0.25, 0.3) is 0 Å². The molecule has 3 rings (SSSR count). The van der Waals surface area contributed by atoms with Crippen molar-refractivity contribution < 1.29 is 23.7 Å². The van der Waals surface area contributed by atoms with Crippen molar-refractivity contribution in [1.29, 1.82) is 0 Å². The number of ether oxygens (including phenoxy) is 5. The van der Waals surface area contributed by atoms with Crippen molar-refractivity contribution >= 4 is 0 Å². The van der Waals surface area contributed by atoms with Crippen LogP contribution in [-0.4, -0.2) is 50.1 Å². The molecule has 1 aromatic rings. The van der Waals surface area contributed by atoms with Crippen LogP contribution in [0.25, 0.3) is 10.4 Å². The first-order chi connectivity index (χ1) is 12.0. The predicted octanol–water partition coefficient (Wildman–Crippen LogP) is 2.77. The van der Waals surface area contributed by atoms with Crippen LogP contribution in [0.15, 0.2) is 35.4 Å². The lowest BCUT2D eigenvalue weighted by atomic mass is 9.99. The van der Waals surface area contributed by atoms with Crippen LogP contribution in [0.4, 0.5) is 0 Å². The summed E-state index contributed by atoms with van der Waals surface area (Å²) in [5, 5.41) is 3.63. The monoisotopic (exact) mass is 349 g/mol. The Morgan fingerprint density at radius 1 is 1.20 bits per heavy atom. The molecule has 8 nitrogen and oxygen atoms in total. The van der Waals surface area contributed by atoms with Gasteiger partial charge in [-0.15, -0.1) is 0 Å². The Hall–Kier alpha value is -1.67. The first-order valence-electron chi connectivity index (χ1n) is 8.24. The van der Waals surface area contributed by atoms with E-state index >= 15 is 0 Å². The summed E-state index contributed by atoms with van der Waals surface area (Å²) in [4.78, 5) is 2.81. The molecule has 2 fully saturated rings. The van der Waals surface area contributed by atoms with Gasteiger partial charge in [0.2, 0.25) is 0 Å². The molecule has 2 saturated heterocycles. The van der Waals surface area contributed by atoms with Gasteiger partial charge in [0, 0.05) is 12.0 Å². The van der Waals surface area contributed by atoms with Crippen LogP contribution in [0.1, 0.15) is 19.4 Å². The Morgan fingerprint density at radius 2 is 1.92 bits per heavy atom. The number of nitrogens with zero attached hydrogens (tertiary/aromatic N) is 3. The zero-order chi connectivity index (χ0) is 17.9. The zero-order valence-electron chi connectivity index (χ0n) is 14.6. The third-order valence-corrected chi connectivity index (χ3v) is 4.29. The number of hydrogen-bond donors (Lipinski definition) is 0. The van der Waals surface area contributed by atoms with Crippen molar-refractivity contribution in [3.8, 4) is 0 Å². The molecule has 0 bridgehead atoms. The van der Waals surface area contributed by atoms with E-state index in [4.69, 9.17) is 29.2 Å². The Balaban J connectivity index is 1.76. The molecule has 5 unspecified atom stereocenters. The van der Waals surface area contributed by atoms with Crippen molar-refractivity contribution in [3.63, 3.8) is 0 Å². The lowest BCUT2D eigenvalue weighted by Crippen LogP contribution is -2.58. The third kappa shape index (κ3) is 4.12. The molecule has 1 aromatic carbocycles. The lowest BCUT2D eigenvalue weighted by Gasteiger charge is -2.41. The highest BCUT2D eigenvalue weighted by Gasteiger charge is 2.55. The first kappa shape index (κ1) is 18.1. The van der Waals surface area contributed by atoms with E-state index in [0.717, 1.165) is 5.56 Å². The second-order valence-corrected chi connectivity index (χ2v) is 6.52. The molecular formula is C17H23N3O5. The first-order valence-corrected chi connectivity index (χ1v) is 8.24. The maximum atomic E-state index is 8.63. The van der Waals surface area contributed by atoms with Crippen LogP contribution in [0.2, 0.25) is 0 Å². The van der Waals surface area contributed by atoms with E-state index in [1.807, 2.05) is 44.2 Å². The minimum Gasteiger partial charge on any atom is -0.373 e. The number of hydrogen-bond acceptors (Lipinski definition) is 6. The molecule has 2 aliphatic heterocycles. The molecule has 0 N–H and O–H groups in total. The molecule has 5 atom stereocenters. The normalized spacial score (nSPS) is 33.5. The summed E-state index contributed by atoms with van der Waals surface area (Å²) in [6.07, 6.45) is -2.31. The summed E-state index contributed by atoms with van der Waals surface area (Å²) in [6.45, 7) is 4.19. The molecular weight excluding hydrogens is 326 g/mol. The van der Waals surface area contributed by atoms with E-state index in [0.29, 0.717) is 6.61 Å². The van der Waals surface area contributed by atoms with Gasteiger partial charge in [0.15, 0.2) is 12.1 Å². The quantitative estimate of drug-likeness (QED) is 0.447. The SMILES string of the molecule is COC1C(OCc2ccccc2)OC(CN=[N+]=[N-])C2OC(C)(C)OC21. The van der Waals surface area contributed by atoms with Crippen LogP contribution in [-0.2, 0) is 30.3 Å². The second kappa shape index (κ2) is 7.70. The fraction of sp³-hybridized carbons (Fsp3) is 0.647. The number of benzene rings is 1. The van der Waals surface area contributed by atoms with Gasteiger partial charge in [-0.05, 0) is 24.9 Å². The highest BCUT2D eigenvalue weighted by molar-refractivity contribution is 5.13. The topological polar surface area (TPSA) is 94.9 Å². The van der Waals surface area contributed by atoms with Gasteiger partial charge in [0.05, 0.1) is 19.3 Å². The summed E-state index contributed by atoms with van der Waals surface area (Å²) in [5.41, 5.74) is 9.66. The fourth-order valence-corrected chi connectivity index (χ4v) is 3.24. The van der Waals surface area contributed by atoms with Crippen LogP contribution in [0.3, 0.4) is 0 Å². The summed E-state index contributed by atoms with van der Waals surface area (Å²) < 4.78 is 29.5. The van der Waals surface area contributed by atoms with Crippen molar-refractivity contribution in [3.05, 3.63) is 46.3 Å².